The van der Waals surface area contributed by atoms with Crippen molar-refractivity contribution in [3.8, 4) is 17.2 Å². The number of fused-ring (bicyclic) bond motifs is 1. The van der Waals surface area contributed by atoms with E-state index in [1.807, 2.05) is 53.1 Å². The summed E-state index contributed by atoms with van der Waals surface area (Å²) < 4.78 is 16.7. The molecule has 2 aromatic rings. The van der Waals surface area contributed by atoms with Crippen LogP contribution < -0.4 is 14.2 Å². The fourth-order valence-corrected chi connectivity index (χ4v) is 5.30. The maximum atomic E-state index is 14.1. The van der Waals surface area contributed by atoms with Gasteiger partial charge in [0.25, 0.3) is 5.91 Å². The number of amides is 2. The fourth-order valence-electron chi connectivity index (χ4n) is 5.30. The minimum Gasteiger partial charge on any atom is -0.493 e. The molecule has 0 aliphatic carbocycles. The van der Waals surface area contributed by atoms with Crippen molar-refractivity contribution in [2.24, 2.45) is 0 Å². The van der Waals surface area contributed by atoms with Gasteiger partial charge in [-0.25, -0.2) is 0 Å². The third-order valence-electron chi connectivity index (χ3n) is 6.87. The zero-order chi connectivity index (χ0) is 24.2. The predicted molar refractivity (Wildman–Crippen MR) is 130 cm³/mol. The Labute approximate surface area is 201 Å². The van der Waals surface area contributed by atoms with Crippen LogP contribution in [0.15, 0.2) is 36.4 Å². The van der Waals surface area contributed by atoms with E-state index in [9.17, 15) is 9.59 Å². The predicted octanol–water partition coefficient (Wildman–Crippen LogP) is 4.42. The molecule has 2 aliphatic rings. The van der Waals surface area contributed by atoms with E-state index in [-0.39, 0.29) is 11.8 Å². The van der Waals surface area contributed by atoms with E-state index in [1.54, 1.807) is 21.3 Å². The van der Waals surface area contributed by atoms with Crippen LogP contribution in [0.3, 0.4) is 0 Å². The van der Waals surface area contributed by atoms with Crippen LogP contribution in [-0.2, 0) is 4.79 Å². The largest absolute Gasteiger partial charge is 0.493 e. The molecule has 2 heterocycles. The Hall–Kier alpha value is -3.22. The monoisotopic (exact) mass is 466 g/mol. The lowest BCUT2D eigenvalue weighted by molar-refractivity contribution is -0.135. The van der Waals surface area contributed by atoms with Crippen molar-refractivity contribution in [1.29, 1.82) is 0 Å². The fraction of sp³-hybridized carbons (Fsp3) is 0.481. The number of piperidine rings is 1. The van der Waals surface area contributed by atoms with Gasteiger partial charge < -0.3 is 24.0 Å². The van der Waals surface area contributed by atoms with E-state index in [0.717, 1.165) is 49.9 Å². The number of benzene rings is 2. The molecule has 182 valence electrons. The van der Waals surface area contributed by atoms with Crippen LogP contribution in [0, 0.1) is 0 Å². The summed E-state index contributed by atoms with van der Waals surface area (Å²) in [5.41, 5.74) is 2.19. The normalized spacial score (nSPS) is 20.1. The summed E-state index contributed by atoms with van der Waals surface area (Å²) in [6.45, 7) is 4.09. The SMILES string of the molecule is CCCN1C(=O)c2ccccc2C(C(=O)N2CCCCC2)C1c1cc(OC)c(OC)c(OC)c1. The standard InChI is InChI=1S/C27H34N2O5/c1-5-13-29-24(18-16-21(32-2)25(34-4)22(17-18)33-3)23(27(31)28-14-9-6-10-15-28)19-11-7-8-12-20(19)26(29)30/h7-8,11-12,16-17,23-24H,5-6,9-10,13-15H2,1-4H3. The summed E-state index contributed by atoms with van der Waals surface area (Å²) in [6, 6.07) is 10.8. The first-order valence-corrected chi connectivity index (χ1v) is 12.0. The highest BCUT2D eigenvalue weighted by Crippen LogP contribution is 2.48. The molecule has 4 rings (SSSR count). The molecule has 0 N–H and O–H groups in total. The van der Waals surface area contributed by atoms with Gasteiger partial charge in [0.15, 0.2) is 11.5 Å². The summed E-state index contributed by atoms with van der Waals surface area (Å²) in [6.07, 6.45) is 3.93. The Bertz CT molecular complexity index is 1020. The molecule has 1 fully saturated rings. The Balaban J connectivity index is 1.92. The maximum absolute atomic E-state index is 14.1. The number of likely N-dealkylation sites (tertiary alicyclic amines) is 1. The third kappa shape index (κ3) is 4.19. The van der Waals surface area contributed by atoms with Crippen molar-refractivity contribution in [2.75, 3.05) is 41.0 Å². The van der Waals surface area contributed by atoms with Gasteiger partial charge in [0.2, 0.25) is 11.7 Å². The number of hydrogen-bond acceptors (Lipinski definition) is 5. The van der Waals surface area contributed by atoms with Gasteiger partial charge in [-0.3, -0.25) is 9.59 Å². The lowest BCUT2D eigenvalue weighted by atomic mass is 9.78. The van der Waals surface area contributed by atoms with E-state index in [4.69, 9.17) is 14.2 Å². The lowest BCUT2D eigenvalue weighted by Crippen LogP contribution is -2.49. The van der Waals surface area contributed by atoms with Gasteiger partial charge in [0.1, 0.15) is 0 Å². The van der Waals surface area contributed by atoms with Gasteiger partial charge >= 0.3 is 0 Å². The molecule has 1 saturated heterocycles. The van der Waals surface area contributed by atoms with Crippen molar-refractivity contribution in [3.05, 3.63) is 53.1 Å². The quantitative estimate of drug-likeness (QED) is 0.604. The second-order valence-electron chi connectivity index (χ2n) is 8.85. The molecule has 2 atom stereocenters. The smallest absolute Gasteiger partial charge is 0.254 e. The second-order valence-corrected chi connectivity index (χ2v) is 8.85. The van der Waals surface area contributed by atoms with Crippen molar-refractivity contribution in [3.63, 3.8) is 0 Å². The molecule has 2 aliphatic heterocycles. The average Bonchev–Trinajstić information content (AvgIpc) is 2.89. The number of rotatable bonds is 7. The van der Waals surface area contributed by atoms with E-state index in [0.29, 0.717) is 29.4 Å². The Morgan fingerprint density at radius 1 is 0.971 bits per heavy atom. The average molecular weight is 467 g/mol. The molecule has 7 nitrogen and oxygen atoms in total. The van der Waals surface area contributed by atoms with Gasteiger partial charge in [0, 0.05) is 25.2 Å². The number of ether oxygens (including phenoxy) is 3. The summed E-state index contributed by atoms with van der Waals surface area (Å²) in [5, 5.41) is 0. The summed E-state index contributed by atoms with van der Waals surface area (Å²) in [5.74, 6) is 0.990. The Morgan fingerprint density at radius 2 is 1.62 bits per heavy atom. The highest BCUT2D eigenvalue weighted by atomic mass is 16.5. The van der Waals surface area contributed by atoms with Gasteiger partial charge in [-0.1, -0.05) is 25.1 Å². The van der Waals surface area contributed by atoms with Crippen molar-refractivity contribution in [1.82, 2.24) is 9.80 Å². The van der Waals surface area contributed by atoms with Crippen LogP contribution in [-0.4, -0.2) is 62.6 Å². The highest BCUT2D eigenvalue weighted by molar-refractivity contribution is 6.01. The number of carbonyl (C=O) groups is 2. The minimum atomic E-state index is -0.513. The molecule has 2 aromatic carbocycles. The van der Waals surface area contributed by atoms with E-state index < -0.39 is 12.0 Å². The molecule has 0 saturated carbocycles. The van der Waals surface area contributed by atoms with Gasteiger partial charge in [0.05, 0.1) is 33.3 Å². The van der Waals surface area contributed by atoms with Crippen LogP contribution in [0.4, 0.5) is 0 Å². The molecule has 34 heavy (non-hydrogen) atoms. The molecular formula is C27H34N2O5. The molecule has 0 aromatic heterocycles. The van der Waals surface area contributed by atoms with Crippen LogP contribution in [0.2, 0.25) is 0 Å². The van der Waals surface area contributed by atoms with Crippen LogP contribution in [0.25, 0.3) is 0 Å². The van der Waals surface area contributed by atoms with Crippen molar-refractivity contribution < 1.29 is 23.8 Å². The number of hydrogen-bond donors (Lipinski definition) is 0. The first-order chi connectivity index (χ1) is 16.5. The minimum absolute atomic E-state index is 0.0566. The number of nitrogens with zero attached hydrogens (tertiary/aromatic N) is 2. The number of carbonyl (C=O) groups excluding carboxylic acids is 2. The number of methoxy groups -OCH3 is 3. The van der Waals surface area contributed by atoms with Crippen LogP contribution >= 0.6 is 0 Å². The third-order valence-corrected chi connectivity index (χ3v) is 6.87. The molecule has 2 unspecified atom stereocenters. The summed E-state index contributed by atoms with van der Waals surface area (Å²) in [4.78, 5) is 31.6. The molecule has 2 amide bonds. The lowest BCUT2D eigenvalue weighted by Gasteiger charge is -2.44. The van der Waals surface area contributed by atoms with E-state index >= 15 is 0 Å². The zero-order valence-electron chi connectivity index (χ0n) is 20.5. The Kier molecular flexibility index (Phi) is 7.29. The van der Waals surface area contributed by atoms with Crippen molar-refractivity contribution >= 4 is 11.8 Å². The van der Waals surface area contributed by atoms with Crippen LogP contribution in [0.5, 0.6) is 17.2 Å². The summed E-state index contributed by atoms with van der Waals surface area (Å²) >= 11 is 0. The van der Waals surface area contributed by atoms with Gasteiger partial charge in [-0.15, -0.1) is 0 Å². The zero-order valence-corrected chi connectivity index (χ0v) is 20.5. The van der Waals surface area contributed by atoms with E-state index in [1.165, 1.54) is 0 Å². The summed E-state index contributed by atoms with van der Waals surface area (Å²) in [7, 11) is 4.71. The topological polar surface area (TPSA) is 68.3 Å². The highest BCUT2D eigenvalue weighted by Gasteiger charge is 2.45. The Morgan fingerprint density at radius 3 is 2.21 bits per heavy atom. The van der Waals surface area contributed by atoms with Gasteiger partial charge in [-0.2, -0.15) is 0 Å². The van der Waals surface area contributed by atoms with Crippen LogP contribution in [0.1, 0.15) is 66.1 Å². The van der Waals surface area contributed by atoms with Gasteiger partial charge in [-0.05, 0) is 55.0 Å². The molecular weight excluding hydrogens is 432 g/mol. The first-order valence-electron chi connectivity index (χ1n) is 12.0. The molecule has 0 bridgehead atoms. The molecule has 7 heteroatoms. The van der Waals surface area contributed by atoms with Crippen molar-refractivity contribution in [2.45, 2.75) is 44.6 Å². The second kappa shape index (κ2) is 10.4. The molecule has 0 spiro atoms. The maximum Gasteiger partial charge on any atom is 0.254 e. The first kappa shape index (κ1) is 23.9. The van der Waals surface area contributed by atoms with E-state index in [2.05, 4.69) is 0 Å². The molecule has 0 radical (unpaired) electrons.